The van der Waals surface area contributed by atoms with Gasteiger partial charge in [0.15, 0.2) is 5.13 Å². The van der Waals surface area contributed by atoms with Crippen molar-refractivity contribution in [2.24, 2.45) is 0 Å². The van der Waals surface area contributed by atoms with Crippen LogP contribution in [-0.4, -0.2) is 50.5 Å². The van der Waals surface area contributed by atoms with Crippen LogP contribution in [0.3, 0.4) is 0 Å². The van der Waals surface area contributed by atoms with Gasteiger partial charge in [0.25, 0.3) is 5.91 Å². The topological polar surface area (TPSA) is 101 Å². The molecule has 1 saturated heterocycles. The summed E-state index contributed by atoms with van der Waals surface area (Å²) in [4.78, 5) is 19.7. The van der Waals surface area contributed by atoms with Crippen LogP contribution in [0.15, 0.2) is 28.5 Å². The average molecular weight is 479 g/mol. The van der Waals surface area contributed by atoms with Crippen LogP contribution in [0.5, 0.6) is 5.75 Å². The molecule has 1 aromatic heterocycles. The van der Waals surface area contributed by atoms with Gasteiger partial charge in [-0.2, -0.15) is 0 Å². The lowest BCUT2D eigenvalue weighted by molar-refractivity contribution is 0.102. The Hall–Kier alpha value is -2.01. The lowest BCUT2D eigenvalue weighted by atomic mass is 10.1. The first-order chi connectivity index (χ1) is 15.4. The SMILES string of the molecule is COc1ccc(C(=O)Nc2nc(CN3CCCCC3)cs2)cc1S(=O)(=O)NC1CCCC1. The smallest absolute Gasteiger partial charge is 0.257 e. The van der Waals surface area contributed by atoms with E-state index in [2.05, 4.69) is 19.9 Å². The number of nitrogens with zero attached hydrogens (tertiary/aromatic N) is 2. The second-order valence-electron chi connectivity index (χ2n) is 8.40. The second-order valence-corrected chi connectivity index (χ2v) is 10.9. The average Bonchev–Trinajstić information content (AvgIpc) is 3.45. The molecular formula is C22H30N4O4S2. The van der Waals surface area contributed by atoms with E-state index in [-0.39, 0.29) is 22.3 Å². The van der Waals surface area contributed by atoms with Gasteiger partial charge in [-0.15, -0.1) is 11.3 Å². The molecule has 10 heteroatoms. The van der Waals surface area contributed by atoms with Gasteiger partial charge in [-0.3, -0.25) is 15.0 Å². The van der Waals surface area contributed by atoms with Gasteiger partial charge >= 0.3 is 0 Å². The lowest BCUT2D eigenvalue weighted by Crippen LogP contribution is -2.33. The molecule has 2 aromatic rings. The van der Waals surface area contributed by atoms with Crippen LogP contribution < -0.4 is 14.8 Å². The zero-order valence-corrected chi connectivity index (χ0v) is 19.9. The number of benzene rings is 1. The highest BCUT2D eigenvalue weighted by Gasteiger charge is 2.27. The van der Waals surface area contributed by atoms with Gasteiger partial charge in [-0.25, -0.2) is 18.1 Å². The van der Waals surface area contributed by atoms with Crippen molar-refractivity contribution in [2.75, 3.05) is 25.5 Å². The molecule has 1 amide bonds. The Balaban J connectivity index is 1.46. The van der Waals surface area contributed by atoms with Crippen LogP contribution >= 0.6 is 11.3 Å². The Morgan fingerprint density at radius 3 is 2.66 bits per heavy atom. The van der Waals surface area contributed by atoms with Crippen LogP contribution in [0.1, 0.15) is 61.0 Å². The first kappa shape index (κ1) is 23.2. The van der Waals surface area contributed by atoms with Gasteiger partial charge in [0.05, 0.1) is 12.8 Å². The molecule has 1 aromatic carbocycles. The monoisotopic (exact) mass is 478 g/mol. The summed E-state index contributed by atoms with van der Waals surface area (Å²) in [6.07, 6.45) is 7.39. The zero-order chi connectivity index (χ0) is 22.6. The minimum atomic E-state index is -3.80. The van der Waals surface area contributed by atoms with E-state index in [0.29, 0.717) is 5.13 Å². The van der Waals surface area contributed by atoms with E-state index in [1.807, 2.05) is 5.38 Å². The number of thiazole rings is 1. The molecule has 174 valence electrons. The number of piperidine rings is 1. The molecule has 4 rings (SSSR count). The first-order valence-corrected chi connectivity index (χ1v) is 13.5. The number of sulfonamides is 1. The van der Waals surface area contributed by atoms with Crippen LogP contribution in [0.25, 0.3) is 0 Å². The van der Waals surface area contributed by atoms with Crippen LogP contribution in [-0.2, 0) is 16.6 Å². The molecule has 0 radical (unpaired) electrons. The number of carbonyl (C=O) groups excluding carboxylic acids is 1. The van der Waals surface area contributed by atoms with Crippen LogP contribution in [0.4, 0.5) is 5.13 Å². The number of hydrogen-bond acceptors (Lipinski definition) is 7. The molecule has 0 atom stereocenters. The van der Waals surface area contributed by atoms with Crippen molar-refractivity contribution in [3.05, 3.63) is 34.8 Å². The van der Waals surface area contributed by atoms with E-state index in [1.165, 1.54) is 49.8 Å². The predicted octanol–water partition coefficient (Wildman–Crippen LogP) is 3.61. The number of amides is 1. The highest BCUT2D eigenvalue weighted by molar-refractivity contribution is 7.89. The van der Waals surface area contributed by atoms with E-state index < -0.39 is 15.9 Å². The number of anilines is 1. The van der Waals surface area contributed by atoms with E-state index in [4.69, 9.17) is 4.74 Å². The minimum absolute atomic E-state index is 0.0236. The Kier molecular flexibility index (Phi) is 7.44. The van der Waals surface area contributed by atoms with Gasteiger partial charge in [0.2, 0.25) is 10.0 Å². The number of likely N-dealkylation sites (tertiary alicyclic amines) is 1. The van der Waals surface area contributed by atoms with Crippen LogP contribution in [0.2, 0.25) is 0 Å². The maximum atomic E-state index is 13.0. The van der Waals surface area contributed by atoms with Crippen molar-refractivity contribution in [2.45, 2.75) is 62.4 Å². The maximum absolute atomic E-state index is 13.0. The Bertz CT molecular complexity index is 1040. The third kappa shape index (κ3) is 5.67. The van der Waals surface area contributed by atoms with Crippen molar-refractivity contribution in [1.29, 1.82) is 0 Å². The summed E-state index contributed by atoms with van der Waals surface area (Å²) < 4.78 is 33.9. The molecule has 1 aliphatic carbocycles. The number of methoxy groups -OCH3 is 1. The predicted molar refractivity (Wildman–Crippen MR) is 125 cm³/mol. The minimum Gasteiger partial charge on any atom is -0.495 e. The number of carbonyl (C=O) groups is 1. The molecule has 8 nitrogen and oxygen atoms in total. The number of ether oxygens (including phenoxy) is 1. The van der Waals surface area contributed by atoms with Crippen molar-refractivity contribution >= 4 is 32.4 Å². The van der Waals surface area contributed by atoms with Gasteiger partial charge in [0.1, 0.15) is 10.6 Å². The molecule has 0 unspecified atom stereocenters. The zero-order valence-electron chi connectivity index (χ0n) is 18.3. The Morgan fingerprint density at radius 1 is 1.19 bits per heavy atom. The second kappa shape index (κ2) is 10.3. The molecule has 1 saturated carbocycles. The van der Waals surface area contributed by atoms with E-state index in [1.54, 1.807) is 6.07 Å². The van der Waals surface area contributed by atoms with Crippen LogP contribution in [0, 0.1) is 0 Å². The highest BCUT2D eigenvalue weighted by Crippen LogP contribution is 2.28. The molecule has 0 bridgehead atoms. The van der Waals surface area contributed by atoms with Gasteiger partial charge in [0, 0.05) is 23.5 Å². The highest BCUT2D eigenvalue weighted by atomic mass is 32.2. The van der Waals surface area contributed by atoms with Crippen molar-refractivity contribution in [1.82, 2.24) is 14.6 Å². The third-order valence-corrected chi connectivity index (χ3v) is 8.35. The van der Waals surface area contributed by atoms with Crippen molar-refractivity contribution in [3.8, 4) is 5.75 Å². The molecule has 0 spiro atoms. The molecule has 32 heavy (non-hydrogen) atoms. The van der Waals surface area contributed by atoms with Gasteiger partial charge in [-0.05, 0) is 57.0 Å². The molecule has 2 fully saturated rings. The molecule has 1 aliphatic heterocycles. The van der Waals surface area contributed by atoms with E-state index >= 15 is 0 Å². The largest absolute Gasteiger partial charge is 0.495 e. The van der Waals surface area contributed by atoms with Crippen molar-refractivity contribution < 1.29 is 17.9 Å². The van der Waals surface area contributed by atoms with Gasteiger partial charge < -0.3 is 4.74 Å². The third-order valence-electron chi connectivity index (χ3n) is 6.00. The summed E-state index contributed by atoms with van der Waals surface area (Å²) in [6, 6.07) is 4.37. The summed E-state index contributed by atoms with van der Waals surface area (Å²) in [5, 5.41) is 5.26. The standard InChI is InChI=1S/C22H30N4O4S2/c1-30-19-10-9-16(13-20(19)32(28,29)25-17-7-3-4-8-17)21(27)24-22-23-18(15-31-22)14-26-11-5-2-6-12-26/h9-10,13,15,17,25H,2-8,11-12,14H2,1H3,(H,23,24,27). The van der Waals surface area contributed by atoms with E-state index in [0.717, 1.165) is 51.0 Å². The fourth-order valence-electron chi connectivity index (χ4n) is 4.31. The number of aromatic nitrogens is 1. The summed E-state index contributed by atoms with van der Waals surface area (Å²) in [7, 11) is -2.38. The van der Waals surface area contributed by atoms with Crippen molar-refractivity contribution in [3.63, 3.8) is 0 Å². The Morgan fingerprint density at radius 2 is 1.94 bits per heavy atom. The number of rotatable bonds is 8. The molecule has 2 heterocycles. The first-order valence-electron chi connectivity index (χ1n) is 11.1. The number of nitrogens with one attached hydrogen (secondary N) is 2. The Labute approximate surface area is 193 Å². The summed E-state index contributed by atoms with van der Waals surface area (Å²) >= 11 is 1.37. The fourth-order valence-corrected chi connectivity index (χ4v) is 6.50. The molecule has 2 N–H and O–H groups in total. The normalized spacial score (nSPS) is 18.0. The fraction of sp³-hybridized carbons (Fsp3) is 0.545. The lowest BCUT2D eigenvalue weighted by Gasteiger charge is -2.25. The summed E-state index contributed by atoms with van der Waals surface area (Å²) in [6.45, 7) is 2.94. The van der Waals surface area contributed by atoms with E-state index in [9.17, 15) is 13.2 Å². The quantitative estimate of drug-likeness (QED) is 0.601. The van der Waals surface area contributed by atoms with Gasteiger partial charge in [-0.1, -0.05) is 19.3 Å². The summed E-state index contributed by atoms with van der Waals surface area (Å²) in [5.41, 5.74) is 1.18. The molecular weight excluding hydrogens is 448 g/mol. The number of hydrogen-bond donors (Lipinski definition) is 2. The molecule has 2 aliphatic rings. The maximum Gasteiger partial charge on any atom is 0.257 e. The summed E-state index contributed by atoms with van der Waals surface area (Å²) in [5.74, 6) is -0.186.